The monoisotopic (exact) mass is 164 g/mol. The van der Waals surface area contributed by atoms with E-state index in [-0.39, 0.29) is 0 Å². The minimum atomic E-state index is 1.02. The SMILES string of the molecule is C=CC/C(=C/C)C/C=C(\C)CC. The van der Waals surface area contributed by atoms with Gasteiger partial charge in [0, 0.05) is 0 Å². The lowest BCUT2D eigenvalue weighted by Crippen LogP contribution is -1.80. The van der Waals surface area contributed by atoms with Crippen molar-refractivity contribution in [3.05, 3.63) is 36.0 Å². The van der Waals surface area contributed by atoms with Crippen molar-refractivity contribution >= 4 is 0 Å². The molecule has 0 saturated heterocycles. The van der Waals surface area contributed by atoms with Crippen LogP contribution in [0.5, 0.6) is 0 Å². The molecule has 0 atom stereocenters. The molecule has 0 nitrogen and oxygen atoms in total. The largest absolute Gasteiger partial charge is 0.103 e. The van der Waals surface area contributed by atoms with Crippen LogP contribution in [-0.2, 0) is 0 Å². The molecule has 0 radical (unpaired) electrons. The molecule has 0 aromatic carbocycles. The first-order chi connectivity index (χ1) is 5.74. The second-order valence-electron chi connectivity index (χ2n) is 3.05. The van der Waals surface area contributed by atoms with Crippen LogP contribution in [0.15, 0.2) is 36.0 Å². The number of hydrogen-bond donors (Lipinski definition) is 0. The van der Waals surface area contributed by atoms with Gasteiger partial charge in [-0.3, -0.25) is 0 Å². The fourth-order valence-corrected chi connectivity index (χ4v) is 0.954. The molecule has 0 aromatic rings. The summed E-state index contributed by atoms with van der Waals surface area (Å²) in [4.78, 5) is 0. The molecule has 0 amide bonds. The van der Waals surface area contributed by atoms with Crippen molar-refractivity contribution < 1.29 is 0 Å². The van der Waals surface area contributed by atoms with Gasteiger partial charge in [0.25, 0.3) is 0 Å². The Kier molecular flexibility index (Phi) is 6.45. The summed E-state index contributed by atoms with van der Waals surface area (Å²) in [6.45, 7) is 10.2. The summed E-state index contributed by atoms with van der Waals surface area (Å²) in [7, 11) is 0. The highest BCUT2D eigenvalue weighted by Gasteiger charge is 1.90. The molecular formula is C12H20. The Morgan fingerprint density at radius 3 is 2.42 bits per heavy atom. The fraction of sp³-hybridized carbons (Fsp3) is 0.500. The van der Waals surface area contributed by atoms with E-state index in [4.69, 9.17) is 0 Å². The van der Waals surface area contributed by atoms with E-state index in [2.05, 4.69) is 39.5 Å². The molecular weight excluding hydrogens is 144 g/mol. The molecule has 0 aliphatic heterocycles. The van der Waals surface area contributed by atoms with Gasteiger partial charge in [-0.05, 0) is 33.1 Å². The summed E-state index contributed by atoms with van der Waals surface area (Å²) in [6, 6.07) is 0. The second-order valence-corrected chi connectivity index (χ2v) is 3.05. The van der Waals surface area contributed by atoms with Crippen LogP contribution in [0.4, 0.5) is 0 Å². The summed E-state index contributed by atoms with van der Waals surface area (Å²) in [5.41, 5.74) is 2.93. The zero-order valence-electron chi connectivity index (χ0n) is 8.56. The van der Waals surface area contributed by atoms with Crippen molar-refractivity contribution in [2.75, 3.05) is 0 Å². The Bertz CT molecular complexity index is 182. The normalized spacial score (nSPS) is 13.2. The molecule has 0 bridgehead atoms. The Morgan fingerprint density at radius 2 is 2.00 bits per heavy atom. The van der Waals surface area contributed by atoms with Crippen LogP contribution < -0.4 is 0 Å². The predicted octanol–water partition coefficient (Wildman–Crippen LogP) is 4.26. The molecule has 0 aromatic heterocycles. The Morgan fingerprint density at radius 1 is 1.33 bits per heavy atom. The van der Waals surface area contributed by atoms with E-state index in [0.29, 0.717) is 0 Å². The Labute approximate surface area is 76.7 Å². The Hall–Kier alpha value is -0.780. The van der Waals surface area contributed by atoms with Gasteiger partial charge in [-0.2, -0.15) is 0 Å². The van der Waals surface area contributed by atoms with Crippen molar-refractivity contribution in [3.63, 3.8) is 0 Å². The van der Waals surface area contributed by atoms with Gasteiger partial charge >= 0.3 is 0 Å². The van der Waals surface area contributed by atoms with Crippen molar-refractivity contribution in [2.24, 2.45) is 0 Å². The van der Waals surface area contributed by atoms with Crippen LogP contribution in [0, 0.1) is 0 Å². The molecule has 0 N–H and O–H groups in total. The minimum Gasteiger partial charge on any atom is -0.103 e. The molecule has 0 rings (SSSR count). The number of allylic oxidation sites excluding steroid dienone is 5. The summed E-state index contributed by atoms with van der Waals surface area (Å²) in [6.07, 6.45) is 9.71. The lowest BCUT2D eigenvalue weighted by Gasteiger charge is -2.00. The first-order valence-electron chi connectivity index (χ1n) is 4.65. The lowest BCUT2D eigenvalue weighted by atomic mass is 10.1. The third-order valence-electron chi connectivity index (χ3n) is 2.09. The smallest absolute Gasteiger partial charge is 0.0133 e. The van der Waals surface area contributed by atoms with Gasteiger partial charge in [0.05, 0.1) is 0 Å². The van der Waals surface area contributed by atoms with E-state index in [0.717, 1.165) is 19.3 Å². The standard InChI is InChI=1S/C12H20/c1-5-8-12(7-3)10-9-11(4)6-2/h5,7,9H,1,6,8,10H2,2-4H3/b11-9+,12-7-. The van der Waals surface area contributed by atoms with E-state index in [1.165, 1.54) is 11.1 Å². The molecule has 12 heavy (non-hydrogen) atoms. The van der Waals surface area contributed by atoms with Crippen LogP contribution in [-0.4, -0.2) is 0 Å². The molecule has 0 aliphatic carbocycles. The molecule has 0 unspecified atom stereocenters. The van der Waals surface area contributed by atoms with Gasteiger partial charge in [-0.25, -0.2) is 0 Å². The van der Waals surface area contributed by atoms with E-state index in [9.17, 15) is 0 Å². The third-order valence-corrected chi connectivity index (χ3v) is 2.09. The van der Waals surface area contributed by atoms with E-state index < -0.39 is 0 Å². The van der Waals surface area contributed by atoms with Crippen LogP contribution in [0.3, 0.4) is 0 Å². The van der Waals surface area contributed by atoms with Gasteiger partial charge < -0.3 is 0 Å². The highest BCUT2D eigenvalue weighted by molar-refractivity contribution is 5.12. The fourth-order valence-electron chi connectivity index (χ4n) is 0.954. The molecule has 0 saturated carbocycles. The maximum Gasteiger partial charge on any atom is -0.0133 e. The zero-order chi connectivity index (χ0) is 9.40. The summed E-state index contributed by atoms with van der Waals surface area (Å²) in [5, 5.41) is 0. The van der Waals surface area contributed by atoms with Crippen molar-refractivity contribution in [3.8, 4) is 0 Å². The van der Waals surface area contributed by atoms with Crippen LogP contribution in [0.25, 0.3) is 0 Å². The van der Waals surface area contributed by atoms with Gasteiger partial charge in [-0.15, -0.1) is 6.58 Å². The number of rotatable bonds is 5. The average molecular weight is 164 g/mol. The predicted molar refractivity (Wildman–Crippen MR) is 57.2 cm³/mol. The van der Waals surface area contributed by atoms with Crippen LogP contribution in [0.2, 0.25) is 0 Å². The van der Waals surface area contributed by atoms with E-state index in [1.807, 2.05) is 6.08 Å². The zero-order valence-corrected chi connectivity index (χ0v) is 8.56. The van der Waals surface area contributed by atoms with Crippen molar-refractivity contribution in [1.29, 1.82) is 0 Å². The van der Waals surface area contributed by atoms with E-state index >= 15 is 0 Å². The minimum absolute atomic E-state index is 1.02. The summed E-state index contributed by atoms with van der Waals surface area (Å²) < 4.78 is 0. The third kappa shape index (κ3) is 4.95. The topological polar surface area (TPSA) is 0 Å². The molecule has 68 valence electrons. The highest BCUT2D eigenvalue weighted by atomic mass is 14.0. The number of hydrogen-bond acceptors (Lipinski definition) is 0. The second kappa shape index (κ2) is 6.90. The maximum absolute atomic E-state index is 3.73. The Balaban J connectivity index is 3.96. The molecule has 0 heterocycles. The van der Waals surface area contributed by atoms with Crippen molar-refractivity contribution in [2.45, 2.75) is 40.0 Å². The molecule has 0 aliphatic rings. The van der Waals surface area contributed by atoms with Gasteiger partial charge in [0.1, 0.15) is 0 Å². The van der Waals surface area contributed by atoms with Gasteiger partial charge in [0.15, 0.2) is 0 Å². The first-order valence-corrected chi connectivity index (χ1v) is 4.65. The van der Waals surface area contributed by atoms with Crippen molar-refractivity contribution in [1.82, 2.24) is 0 Å². The average Bonchev–Trinajstić information content (AvgIpc) is 2.11. The quantitative estimate of drug-likeness (QED) is 0.533. The van der Waals surface area contributed by atoms with E-state index in [1.54, 1.807) is 0 Å². The molecule has 0 heteroatoms. The molecule has 0 fully saturated rings. The molecule has 0 spiro atoms. The lowest BCUT2D eigenvalue weighted by molar-refractivity contribution is 1.04. The maximum atomic E-state index is 3.73. The van der Waals surface area contributed by atoms with Gasteiger partial charge in [-0.1, -0.05) is 36.3 Å². The first kappa shape index (κ1) is 11.2. The highest BCUT2D eigenvalue weighted by Crippen LogP contribution is 2.10. The van der Waals surface area contributed by atoms with Crippen LogP contribution in [0.1, 0.15) is 40.0 Å². The summed E-state index contributed by atoms with van der Waals surface area (Å²) >= 11 is 0. The van der Waals surface area contributed by atoms with Crippen LogP contribution >= 0.6 is 0 Å². The van der Waals surface area contributed by atoms with Gasteiger partial charge in [0.2, 0.25) is 0 Å². The summed E-state index contributed by atoms with van der Waals surface area (Å²) in [5.74, 6) is 0.